The van der Waals surface area contributed by atoms with Crippen molar-refractivity contribution in [3.8, 4) is 0 Å². The van der Waals surface area contributed by atoms with Crippen LogP contribution < -0.4 is 10.2 Å². The summed E-state index contributed by atoms with van der Waals surface area (Å²) in [5.74, 6) is 0. The highest BCUT2D eigenvalue weighted by molar-refractivity contribution is 5.83. The van der Waals surface area contributed by atoms with Crippen LogP contribution in [0.25, 0.3) is 10.9 Å². The lowest BCUT2D eigenvalue weighted by Crippen LogP contribution is -2.52. The third kappa shape index (κ3) is 3.70. The first-order valence-electron chi connectivity index (χ1n) is 10.0. The fraction of sp³-hybridized carbons (Fsp3) is 0.348. The van der Waals surface area contributed by atoms with Gasteiger partial charge in [-0.2, -0.15) is 0 Å². The molecule has 0 spiro atoms. The van der Waals surface area contributed by atoms with Crippen molar-refractivity contribution >= 4 is 22.6 Å². The molecule has 0 bridgehead atoms. The minimum atomic E-state index is 0.0426. The molecule has 0 aliphatic carbocycles. The van der Waals surface area contributed by atoms with Crippen molar-refractivity contribution < 1.29 is 4.79 Å². The van der Waals surface area contributed by atoms with E-state index in [4.69, 9.17) is 0 Å². The van der Waals surface area contributed by atoms with Crippen LogP contribution >= 0.6 is 0 Å². The number of urea groups is 1. The third-order valence-electron chi connectivity index (χ3n) is 5.67. The molecule has 2 aromatic carbocycles. The quantitative estimate of drug-likeness (QED) is 0.726. The number of nitrogens with one attached hydrogen (secondary N) is 2. The number of amides is 2. The molecule has 5 nitrogen and oxygen atoms in total. The predicted octanol–water partition coefficient (Wildman–Crippen LogP) is 3.86. The number of hydrogen-bond acceptors (Lipinski definition) is 2. The van der Waals surface area contributed by atoms with Crippen molar-refractivity contribution in [2.24, 2.45) is 0 Å². The molecule has 146 valence electrons. The number of piperazine rings is 1. The van der Waals surface area contributed by atoms with Crippen LogP contribution in [0.3, 0.4) is 0 Å². The zero-order valence-corrected chi connectivity index (χ0v) is 16.7. The topological polar surface area (TPSA) is 51.4 Å². The number of H-pyrrole nitrogens is 1. The van der Waals surface area contributed by atoms with Crippen LogP contribution in [0.4, 0.5) is 10.5 Å². The minimum Gasteiger partial charge on any atom is -0.368 e. The molecular formula is C23H28N4O. The fourth-order valence-electron chi connectivity index (χ4n) is 4.19. The van der Waals surface area contributed by atoms with Crippen molar-refractivity contribution in [2.75, 3.05) is 37.6 Å². The van der Waals surface area contributed by atoms with E-state index in [1.54, 1.807) is 0 Å². The average molecular weight is 377 g/mol. The first-order chi connectivity index (χ1) is 13.6. The molecule has 2 N–H and O–H groups in total. The van der Waals surface area contributed by atoms with E-state index in [0.717, 1.165) is 38.1 Å². The monoisotopic (exact) mass is 376 g/mol. The highest BCUT2D eigenvalue weighted by Crippen LogP contribution is 2.25. The highest BCUT2D eigenvalue weighted by atomic mass is 16.2. The number of aromatic nitrogens is 1. The SMILES string of the molecule is Cc1cccc(C)c1N1CCN(C(=O)NCCc2c[nH]c3ccccc23)CC1. The number of anilines is 1. The van der Waals surface area contributed by atoms with Gasteiger partial charge in [0.25, 0.3) is 0 Å². The van der Waals surface area contributed by atoms with Gasteiger partial charge in [0.1, 0.15) is 0 Å². The number of hydrogen-bond donors (Lipinski definition) is 2. The summed E-state index contributed by atoms with van der Waals surface area (Å²) in [5, 5.41) is 4.32. The van der Waals surface area contributed by atoms with Gasteiger partial charge in [-0.25, -0.2) is 4.79 Å². The van der Waals surface area contributed by atoms with Crippen molar-refractivity contribution in [3.05, 3.63) is 65.4 Å². The molecule has 3 aromatic rings. The zero-order chi connectivity index (χ0) is 19.5. The fourth-order valence-corrected chi connectivity index (χ4v) is 4.19. The van der Waals surface area contributed by atoms with Gasteiger partial charge in [-0.1, -0.05) is 36.4 Å². The zero-order valence-electron chi connectivity index (χ0n) is 16.7. The normalized spacial score (nSPS) is 14.5. The molecule has 1 aromatic heterocycles. The molecule has 1 fully saturated rings. The second-order valence-corrected chi connectivity index (χ2v) is 7.56. The summed E-state index contributed by atoms with van der Waals surface area (Å²) in [6.07, 6.45) is 2.87. The van der Waals surface area contributed by atoms with Crippen molar-refractivity contribution in [2.45, 2.75) is 20.3 Å². The molecule has 4 rings (SSSR count). The van der Waals surface area contributed by atoms with E-state index in [-0.39, 0.29) is 6.03 Å². The van der Waals surface area contributed by atoms with Gasteiger partial charge >= 0.3 is 6.03 Å². The summed E-state index contributed by atoms with van der Waals surface area (Å²) in [4.78, 5) is 20.2. The largest absolute Gasteiger partial charge is 0.368 e. The Morgan fingerprint density at radius 3 is 2.46 bits per heavy atom. The molecule has 0 atom stereocenters. The third-order valence-corrected chi connectivity index (χ3v) is 5.67. The molecule has 1 saturated heterocycles. The maximum absolute atomic E-state index is 12.6. The minimum absolute atomic E-state index is 0.0426. The molecule has 2 amide bonds. The van der Waals surface area contributed by atoms with E-state index < -0.39 is 0 Å². The van der Waals surface area contributed by atoms with Gasteiger partial charge in [0.15, 0.2) is 0 Å². The molecule has 2 heterocycles. The number of nitrogens with zero attached hydrogens (tertiary/aromatic N) is 2. The number of fused-ring (bicyclic) bond motifs is 1. The van der Waals surface area contributed by atoms with Gasteiger partial charge in [0.05, 0.1) is 0 Å². The first kappa shape index (κ1) is 18.4. The van der Waals surface area contributed by atoms with Gasteiger partial charge in [0, 0.05) is 55.5 Å². The number of carbonyl (C=O) groups excluding carboxylic acids is 1. The van der Waals surface area contributed by atoms with Crippen LogP contribution in [0.1, 0.15) is 16.7 Å². The van der Waals surface area contributed by atoms with Crippen molar-refractivity contribution in [1.82, 2.24) is 15.2 Å². The maximum atomic E-state index is 12.6. The molecule has 5 heteroatoms. The number of para-hydroxylation sites is 2. The van der Waals surface area contributed by atoms with E-state index in [1.807, 2.05) is 23.2 Å². The van der Waals surface area contributed by atoms with Gasteiger partial charge in [-0.3, -0.25) is 0 Å². The molecule has 1 aliphatic heterocycles. The Morgan fingerprint density at radius 2 is 1.71 bits per heavy atom. The number of carbonyl (C=O) groups is 1. The van der Waals surface area contributed by atoms with E-state index in [2.05, 4.69) is 59.4 Å². The smallest absolute Gasteiger partial charge is 0.317 e. The standard InChI is InChI=1S/C23H28N4O/c1-17-6-5-7-18(2)22(17)26-12-14-27(15-13-26)23(28)24-11-10-19-16-25-21-9-4-3-8-20(19)21/h3-9,16,25H,10-15H2,1-2H3,(H,24,28). The Hall–Kier alpha value is -2.95. The number of benzene rings is 2. The Labute approximate surface area is 166 Å². The summed E-state index contributed by atoms with van der Waals surface area (Å²) in [7, 11) is 0. The second-order valence-electron chi connectivity index (χ2n) is 7.56. The molecule has 0 saturated carbocycles. The molecule has 1 aliphatic rings. The summed E-state index contributed by atoms with van der Waals surface area (Å²) in [6, 6.07) is 14.7. The summed E-state index contributed by atoms with van der Waals surface area (Å²) >= 11 is 0. The number of aryl methyl sites for hydroxylation is 2. The van der Waals surface area contributed by atoms with Gasteiger partial charge in [0.2, 0.25) is 0 Å². The lowest BCUT2D eigenvalue weighted by molar-refractivity contribution is 0.194. The van der Waals surface area contributed by atoms with Crippen LogP contribution in [0.2, 0.25) is 0 Å². The van der Waals surface area contributed by atoms with E-state index in [1.165, 1.54) is 27.8 Å². The van der Waals surface area contributed by atoms with Crippen LogP contribution in [-0.2, 0) is 6.42 Å². The summed E-state index contributed by atoms with van der Waals surface area (Å²) in [6.45, 7) is 8.23. The highest BCUT2D eigenvalue weighted by Gasteiger charge is 2.22. The molecule has 0 unspecified atom stereocenters. The van der Waals surface area contributed by atoms with E-state index in [9.17, 15) is 4.79 Å². The van der Waals surface area contributed by atoms with Gasteiger partial charge in [-0.15, -0.1) is 0 Å². The van der Waals surface area contributed by atoms with Crippen LogP contribution in [-0.4, -0.2) is 48.6 Å². The summed E-state index contributed by atoms with van der Waals surface area (Å²) < 4.78 is 0. The van der Waals surface area contributed by atoms with Crippen LogP contribution in [0, 0.1) is 13.8 Å². The first-order valence-corrected chi connectivity index (χ1v) is 10.0. The van der Waals surface area contributed by atoms with Gasteiger partial charge < -0.3 is 20.1 Å². The lowest BCUT2D eigenvalue weighted by atomic mass is 10.1. The van der Waals surface area contributed by atoms with Gasteiger partial charge in [-0.05, 0) is 43.0 Å². The Bertz CT molecular complexity index is 949. The second kappa shape index (κ2) is 7.97. The van der Waals surface area contributed by atoms with Crippen LogP contribution in [0.15, 0.2) is 48.7 Å². The average Bonchev–Trinajstić information content (AvgIpc) is 3.11. The molecular weight excluding hydrogens is 348 g/mol. The van der Waals surface area contributed by atoms with E-state index in [0.29, 0.717) is 6.54 Å². The Balaban J connectivity index is 1.28. The number of rotatable bonds is 4. The lowest BCUT2D eigenvalue weighted by Gasteiger charge is -2.37. The van der Waals surface area contributed by atoms with Crippen LogP contribution in [0.5, 0.6) is 0 Å². The maximum Gasteiger partial charge on any atom is 0.317 e. The Morgan fingerprint density at radius 1 is 1.00 bits per heavy atom. The number of aromatic amines is 1. The van der Waals surface area contributed by atoms with Crippen molar-refractivity contribution in [1.29, 1.82) is 0 Å². The summed E-state index contributed by atoms with van der Waals surface area (Å²) in [5.41, 5.74) is 6.32. The predicted molar refractivity (Wildman–Crippen MR) is 115 cm³/mol. The van der Waals surface area contributed by atoms with E-state index >= 15 is 0 Å². The van der Waals surface area contributed by atoms with Crippen molar-refractivity contribution in [3.63, 3.8) is 0 Å². The molecule has 28 heavy (non-hydrogen) atoms. The Kier molecular flexibility index (Phi) is 5.24. The molecule has 0 radical (unpaired) electrons.